The van der Waals surface area contributed by atoms with Crippen molar-refractivity contribution in [3.8, 4) is 23.0 Å². The maximum atomic E-state index is 12.3. The Kier molecular flexibility index (Phi) is 6.10. The lowest BCUT2D eigenvalue weighted by molar-refractivity contribution is -0.121. The van der Waals surface area contributed by atoms with E-state index >= 15 is 0 Å². The second-order valence-electron chi connectivity index (χ2n) is 5.94. The summed E-state index contributed by atoms with van der Waals surface area (Å²) >= 11 is 0. The van der Waals surface area contributed by atoms with Crippen LogP contribution < -0.4 is 14.8 Å². The van der Waals surface area contributed by atoms with Crippen LogP contribution in [0.3, 0.4) is 0 Å². The second-order valence-corrected chi connectivity index (χ2v) is 5.94. The number of ether oxygens (including phenoxy) is 2. The zero-order valence-electron chi connectivity index (χ0n) is 15.4. The molecule has 1 aromatic carbocycles. The molecule has 0 aliphatic heterocycles. The highest BCUT2D eigenvalue weighted by Gasteiger charge is 2.11. The first-order valence-electron chi connectivity index (χ1n) is 8.66. The van der Waals surface area contributed by atoms with Crippen LogP contribution in [-0.4, -0.2) is 25.1 Å². The minimum absolute atomic E-state index is 0.0397. The van der Waals surface area contributed by atoms with Crippen LogP contribution in [-0.2, 0) is 17.8 Å². The molecule has 27 heavy (non-hydrogen) atoms. The summed E-state index contributed by atoms with van der Waals surface area (Å²) in [6.45, 7) is 0.391. The lowest BCUT2D eigenvalue weighted by Crippen LogP contribution is -2.23. The molecule has 1 amide bonds. The smallest absolute Gasteiger partial charge is 0.220 e. The summed E-state index contributed by atoms with van der Waals surface area (Å²) in [6, 6.07) is 13.0. The van der Waals surface area contributed by atoms with Crippen molar-refractivity contribution in [2.45, 2.75) is 19.4 Å². The Morgan fingerprint density at radius 1 is 1.11 bits per heavy atom. The largest absolute Gasteiger partial charge is 0.497 e. The molecule has 140 valence electrons. The highest BCUT2D eigenvalue weighted by Crippen LogP contribution is 2.25. The van der Waals surface area contributed by atoms with Gasteiger partial charge < -0.3 is 19.2 Å². The van der Waals surface area contributed by atoms with E-state index in [-0.39, 0.29) is 5.91 Å². The number of aryl methyl sites for hydroxylation is 1. The van der Waals surface area contributed by atoms with Gasteiger partial charge in [0.2, 0.25) is 5.91 Å². The first-order chi connectivity index (χ1) is 13.2. The number of hydrogen-bond acceptors (Lipinski definition) is 5. The number of carbonyl (C=O) groups excluding carboxylic acids is 1. The van der Waals surface area contributed by atoms with Crippen LogP contribution in [0.4, 0.5) is 0 Å². The van der Waals surface area contributed by atoms with Crippen molar-refractivity contribution >= 4 is 5.91 Å². The quantitative estimate of drug-likeness (QED) is 0.659. The summed E-state index contributed by atoms with van der Waals surface area (Å²) in [6.07, 6.45) is 4.25. The van der Waals surface area contributed by atoms with Gasteiger partial charge >= 0.3 is 0 Å². The molecule has 0 unspecified atom stereocenters. The zero-order chi connectivity index (χ0) is 19.1. The fourth-order valence-corrected chi connectivity index (χ4v) is 2.81. The Morgan fingerprint density at radius 2 is 2.00 bits per heavy atom. The molecule has 0 atom stereocenters. The van der Waals surface area contributed by atoms with Crippen molar-refractivity contribution in [1.29, 1.82) is 0 Å². The van der Waals surface area contributed by atoms with Gasteiger partial charge in [-0.3, -0.25) is 9.78 Å². The normalized spacial score (nSPS) is 10.4. The maximum absolute atomic E-state index is 12.3. The Morgan fingerprint density at radius 3 is 2.74 bits per heavy atom. The number of amides is 1. The van der Waals surface area contributed by atoms with E-state index in [1.165, 1.54) is 0 Å². The van der Waals surface area contributed by atoms with Crippen LogP contribution in [0.15, 0.2) is 59.3 Å². The van der Waals surface area contributed by atoms with Gasteiger partial charge in [-0.05, 0) is 36.2 Å². The van der Waals surface area contributed by atoms with Gasteiger partial charge in [0.1, 0.15) is 17.2 Å². The molecule has 3 aromatic rings. The highest BCUT2D eigenvalue weighted by molar-refractivity contribution is 5.76. The standard InChI is InChI=1S/C21H22N2O4/c1-25-17-9-7-15(19(13-17)26-2)8-10-20(24)23-14-16-5-3-11-22-21(16)18-6-4-12-27-18/h3-7,9,11-13H,8,10,14H2,1-2H3,(H,23,24). The molecule has 6 nitrogen and oxygen atoms in total. The van der Waals surface area contributed by atoms with E-state index in [9.17, 15) is 4.79 Å². The fourth-order valence-electron chi connectivity index (χ4n) is 2.81. The van der Waals surface area contributed by atoms with E-state index in [0.717, 1.165) is 28.3 Å². The van der Waals surface area contributed by atoms with E-state index in [1.807, 2.05) is 42.5 Å². The number of benzene rings is 1. The number of nitrogens with zero attached hydrogens (tertiary/aromatic N) is 1. The van der Waals surface area contributed by atoms with E-state index in [0.29, 0.717) is 25.1 Å². The monoisotopic (exact) mass is 366 g/mol. The molecule has 0 saturated carbocycles. The minimum Gasteiger partial charge on any atom is -0.497 e. The Labute approximate surface area is 158 Å². The third-order valence-electron chi connectivity index (χ3n) is 4.24. The number of furan rings is 1. The Hall–Kier alpha value is -3.28. The molecule has 0 radical (unpaired) electrons. The molecule has 0 aliphatic carbocycles. The van der Waals surface area contributed by atoms with Crippen molar-refractivity contribution in [1.82, 2.24) is 10.3 Å². The Balaban J connectivity index is 1.58. The molecule has 2 heterocycles. The summed E-state index contributed by atoms with van der Waals surface area (Å²) in [4.78, 5) is 16.6. The third kappa shape index (κ3) is 4.67. The van der Waals surface area contributed by atoms with Gasteiger partial charge in [0.05, 0.1) is 20.5 Å². The Bertz CT molecular complexity index is 891. The number of methoxy groups -OCH3 is 2. The average molecular weight is 366 g/mol. The van der Waals surface area contributed by atoms with Crippen LogP contribution in [0.5, 0.6) is 11.5 Å². The summed E-state index contributed by atoms with van der Waals surface area (Å²) in [7, 11) is 3.22. The molecular weight excluding hydrogens is 344 g/mol. The molecule has 0 aliphatic rings. The molecule has 0 bridgehead atoms. The van der Waals surface area contributed by atoms with E-state index in [2.05, 4.69) is 10.3 Å². The molecule has 2 aromatic heterocycles. The lowest BCUT2D eigenvalue weighted by Gasteiger charge is -2.11. The summed E-state index contributed by atoms with van der Waals surface area (Å²) in [5.74, 6) is 2.08. The molecule has 0 saturated heterocycles. The highest BCUT2D eigenvalue weighted by atomic mass is 16.5. The van der Waals surface area contributed by atoms with Crippen molar-refractivity contribution in [3.05, 3.63) is 66.1 Å². The number of hydrogen-bond donors (Lipinski definition) is 1. The molecule has 0 fully saturated rings. The first kappa shape index (κ1) is 18.5. The van der Waals surface area contributed by atoms with Crippen LogP contribution in [0, 0.1) is 0 Å². The van der Waals surface area contributed by atoms with Gasteiger partial charge in [-0.2, -0.15) is 0 Å². The van der Waals surface area contributed by atoms with Gasteiger partial charge in [0, 0.05) is 30.8 Å². The fraction of sp³-hybridized carbons (Fsp3) is 0.238. The molecule has 0 spiro atoms. The number of aromatic nitrogens is 1. The lowest BCUT2D eigenvalue weighted by atomic mass is 10.1. The van der Waals surface area contributed by atoms with Crippen molar-refractivity contribution in [2.75, 3.05) is 14.2 Å². The summed E-state index contributed by atoms with van der Waals surface area (Å²) in [5, 5.41) is 2.95. The van der Waals surface area contributed by atoms with Crippen LogP contribution >= 0.6 is 0 Å². The van der Waals surface area contributed by atoms with Crippen molar-refractivity contribution in [3.63, 3.8) is 0 Å². The maximum Gasteiger partial charge on any atom is 0.220 e. The van der Waals surface area contributed by atoms with Gasteiger partial charge in [-0.25, -0.2) is 0 Å². The predicted octanol–water partition coefficient (Wildman–Crippen LogP) is 3.61. The van der Waals surface area contributed by atoms with Crippen LogP contribution in [0.25, 0.3) is 11.5 Å². The van der Waals surface area contributed by atoms with E-state index in [1.54, 1.807) is 26.7 Å². The van der Waals surface area contributed by atoms with Gasteiger partial charge in [-0.1, -0.05) is 12.1 Å². The SMILES string of the molecule is COc1ccc(CCC(=O)NCc2cccnc2-c2ccco2)c(OC)c1. The number of carbonyl (C=O) groups is 1. The molecule has 6 heteroatoms. The van der Waals surface area contributed by atoms with Crippen molar-refractivity contribution in [2.24, 2.45) is 0 Å². The topological polar surface area (TPSA) is 73.6 Å². The van der Waals surface area contributed by atoms with Gasteiger partial charge in [0.25, 0.3) is 0 Å². The number of rotatable bonds is 8. The summed E-state index contributed by atoms with van der Waals surface area (Å²) < 4.78 is 16.0. The number of nitrogens with one attached hydrogen (secondary N) is 1. The van der Waals surface area contributed by atoms with Gasteiger partial charge in [0.15, 0.2) is 5.76 Å². The van der Waals surface area contributed by atoms with Crippen LogP contribution in [0.1, 0.15) is 17.5 Å². The van der Waals surface area contributed by atoms with E-state index < -0.39 is 0 Å². The minimum atomic E-state index is -0.0397. The third-order valence-corrected chi connectivity index (χ3v) is 4.24. The predicted molar refractivity (Wildman–Crippen MR) is 102 cm³/mol. The van der Waals surface area contributed by atoms with Crippen molar-refractivity contribution < 1.29 is 18.7 Å². The first-order valence-corrected chi connectivity index (χ1v) is 8.66. The van der Waals surface area contributed by atoms with Crippen LogP contribution in [0.2, 0.25) is 0 Å². The molecule has 1 N–H and O–H groups in total. The van der Waals surface area contributed by atoms with Gasteiger partial charge in [-0.15, -0.1) is 0 Å². The average Bonchev–Trinajstić information content (AvgIpc) is 3.25. The number of pyridine rings is 1. The zero-order valence-corrected chi connectivity index (χ0v) is 15.4. The summed E-state index contributed by atoms with van der Waals surface area (Å²) in [5.41, 5.74) is 2.61. The second kappa shape index (κ2) is 8.89. The van der Waals surface area contributed by atoms with E-state index in [4.69, 9.17) is 13.9 Å². The molecule has 3 rings (SSSR count). The molecular formula is C21H22N2O4.